The number of rotatable bonds is 1. The first-order valence-corrected chi connectivity index (χ1v) is 7.38. The molecule has 3 rings (SSSR count). The Kier molecular flexibility index (Phi) is 3.43. The molecule has 2 aromatic carbocycles. The number of aromatic amines is 1. The molecule has 0 spiro atoms. The summed E-state index contributed by atoms with van der Waals surface area (Å²) in [4.78, 5) is 3.15. The van der Waals surface area contributed by atoms with Crippen LogP contribution in [0.25, 0.3) is 16.7 Å². The van der Waals surface area contributed by atoms with Crippen molar-refractivity contribution in [1.82, 2.24) is 9.55 Å². The monoisotopic (exact) mass is 372 g/mol. The molecule has 0 atom stereocenters. The molecule has 0 amide bonds. The number of fused-ring (bicyclic) bond motifs is 1. The topological polar surface area (TPSA) is 20.7 Å². The lowest BCUT2D eigenvalue weighted by atomic mass is 10.3. The number of hydrogen-bond acceptors (Lipinski definition) is 1. The van der Waals surface area contributed by atoms with Crippen molar-refractivity contribution < 1.29 is 0 Å². The number of imidazole rings is 1. The van der Waals surface area contributed by atoms with Crippen LogP contribution in [-0.2, 0) is 0 Å². The second-order valence-electron chi connectivity index (χ2n) is 4.00. The Morgan fingerprint density at radius 1 is 1.16 bits per heavy atom. The highest BCUT2D eigenvalue weighted by atomic mass is 79.9. The van der Waals surface area contributed by atoms with Gasteiger partial charge in [0.25, 0.3) is 0 Å². The molecule has 0 aliphatic rings. The van der Waals surface area contributed by atoms with Crippen LogP contribution >= 0.6 is 51.3 Å². The van der Waals surface area contributed by atoms with Crippen molar-refractivity contribution in [3.63, 3.8) is 0 Å². The van der Waals surface area contributed by atoms with E-state index in [1.807, 2.05) is 41.0 Å². The van der Waals surface area contributed by atoms with Gasteiger partial charge in [0.05, 0.1) is 26.2 Å². The zero-order valence-corrected chi connectivity index (χ0v) is 13.4. The minimum Gasteiger partial charge on any atom is -0.330 e. The number of hydrogen-bond donors (Lipinski definition) is 1. The van der Waals surface area contributed by atoms with Crippen molar-refractivity contribution in [2.75, 3.05) is 0 Å². The van der Waals surface area contributed by atoms with E-state index in [9.17, 15) is 0 Å². The maximum atomic E-state index is 6.14. The first kappa shape index (κ1) is 13.2. The van der Waals surface area contributed by atoms with E-state index in [1.165, 1.54) is 0 Å². The first-order chi connectivity index (χ1) is 9.08. The summed E-state index contributed by atoms with van der Waals surface area (Å²) < 4.78 is 3.31. The van der Waals surface area contributed by atoms with Crippen molar-refractivity contribution >= 4 is 62.4 Å². The van der Waals surface area contributed by atoms with E-state index in [-0.39, 0.29) is 0 Å². The second kappa shape index (κ2) is 4.94. The zero-order valence-electron chi connectivity index (χ0n) is 9.45. The highest BCUT2D eigenvalue weighted by Gasteiger charge is 2.11. The Morgan fingerprint density at radius 3 is 2.74 bits per heavy atom. The van der Waals surface area contributed by atoms with Crippen LogP contribution < -0.4 is 0 Å². The molecule has 2 nitrogen and oxygen atoms in total. The number of nitrogens with zero attached hydrogens (tertiary/aromatic N) is 1. The Hall–Kier alpha value is -0.810. The summed E-state index contributed by atoms with van der Waals surface area (Å²) in [5, 5.41) is 1.30. The molecule has 19 heavy (non-hydrogen) atoms. The smallest absolute Gasteiger partial charge is 0.182 e. The summed E-state index contributed by atoms with van der Waals surface area (Å²) in [5.74, 6) is 0. The molecule has 96 valence electrons. The van der Waals surface area contributed by atoms with Gasteiger partial charge in [-0.25, -0.2) is 0 Å². The van der Waals surface area contributed by atoms with E-state index in [0.717, 1.165) is 21.2 Å². The molecule has 3 aromatic rings. The van der Waals surface area contributed by atoms with Crippen molar-refractivity contribution in [3.8, 4) is 5.69 Å². The third kappa shape index (κ3) is 2.23. The lowest BCUT2D eigenvalue weighted by Gasteiger charge is -2.08. The largest absolute Gasteiger partial charge is 0.330 e. The Balaban J connectivity index is 2.42. The second-order valence-corrected chi connectivity index (χ2v) is 6.02. The summed E-state index contributed by atoms with van der Waals surface area (Å²) >= 11 is 21.1. The van der Waals surface area contributed by atoms with E-state index in [1.54, 1.807) is 0 Å². The molecular formula is C13H7BrCl2N2S. The van der Waals surface area contributed by atoms with E-state index in [2.05, 4.69) is 20.9 Å². The van der Waals surface area contributed by atoms with Crippen LogP contribution in [0.2, 0.25) is 10.0 Å². The molecule has 0 aliphatic heterocycles. The van der Waals surface area contributed by atoms with Crippen LogP contribution in [0.1, 0.15) is 0 Å². The quantitative estimate of drug-likeness (QED) is 0.538. The van der Waals surface area contributed by atoms with Crippen LogP contribution in [-0.4, -0.2) is 9.55 Å². The van der Waals surface area contributed by atoms with Gasteiger partial charge in [-0.1, -0.05) is 29.3 Å². The normalized spacial score (nSPS) is 11.1. The molecule has 0 saturated carbocycles. The average Bonchev–Trinajstić information content (AvgIpc) is 2.69. The highest BCUT2D eigenvalue weighted by molar-refractivity contribution is 9.10. The fourth-order valence-corrected chi connectivity index (χ4v) is 3.06. The van der Waals surface area contributed by atoms with Gasteiger partial charge < -0.3 is 4.98 Å². The van der Waals surface area contributed by atoms with Crippen LogP contribution in [0.5, 0.6) is 0 Å². The number of aromatic nitrogens is 2. The Morgan fingerprint density at radius 2 is 1.95 bits per heavy atom. The van der Waals surface area contributed by atoms with Gasteiger partial charge in [-0.2, -0.15) is 0 Å². The van der Waals surface area contributed by atoms with E-state index >= 15 is 0 Å². The van der Waals surface area contributed by atoms with Crippen molar-refractivity contribution in [2.45, 2.75) is 0 Å². The van der Waals surface area contributed by atoms with Gasteiger partial charge in [0.1, 0.15) is 0 Å². The van der Waals surface area contributed by atoms with Crippen molar-refractivity contribution in [3.05, 3.63) is 55.7 Å². The maximum Gasteiger partial charge on any atom is 0.182 e. The minimum atomic E-state index is 0.597. The fraction of sp³-hybridized carbons (Fsp3) is 0. The van der Waals surface area contributed by atoms with Gasteiger partial charge in [-0.15, -0.1) is 0 Å². The Labute approximate surface area is 133 Å². The summed E-state index contributed by atoms with van der Waals surface area (Å²) in [6.07, 6.45) is 0. The average molecular weight is 374 g/mol. The number of H-pyrrole nitrogens is 1. The van der Waals surface area contributed by atoms with Gasteiger partial charge in [-0.3, -0.25) is 4.57 Å². The predicted octanol–water partition coefficient (Wildman–Crippen LogP) is 5.76. The van der Waals surface area contributed by atoms with Crippen LogP contribution in [0.3, 0.4) is 0 Å². The SMILES string of the molecule is S=c1[nH]c2ccc(Cl)cc2n1-c1cccc(Cl)c1Br. The highest BCUT2D eigenvalue weighted by Crippen LogP contribution is 2.32. The van der Waals surface area contributed by atoms with Gasteiger partial charge in [0, 0.05) is 5.02 Å². The van der Waals surface area contributed by atoms with Crippen LogP contribution in [0, 0.1) is 4.77 Å². The molecule has 0 bridgehead atoms. The molecule has 0 radical (unpaired) electrons. The standard InChI is InChI=1S/C13H7BrCl2N2S/c14-12-8(16)2-1-3-10(12)18-11-6-7(15)4-5-9(11)17-13(18)19/h1-6H,(H,17,19). The molecule has 0 unspecified atom stereocenters. The molecule has 1 aromatic heterocycles. The van der Waals surface area contributed by atoms with Gasteiger partial charge >= 0.3 is 0 Å². The van der Waals surface area contributed by atoms with Crippen molar-refractivity contribution in [2.24, 2.45) is 0 Å². The van der Waals surface area contributed by atoms with Crippen LogP contribution in [0.4, 0.5) is 0 Å². The number of halogens is 3. The fourth-order valence-electron chi connectivity index (χ4n) is 1.98. The maximum absolute atomic E-state index is 6.14. The molecule has 0 saturated heterocycles. The minimum absolute atomic E-state index is 0.597. The lowest BCUT2D eigenvalue weighted by molar-refractivity contribution is 1.06. The lowest BCUT2D eigenvalue weighted by Crippen LogP contribution is -1.95. The van der Waals surface area contributed by atoms with E-state index < -0.39 is 0 Å². The molecule has 6 heteroatoms. The summed E-state index contributed by atoms with van der Waals surface area (Å²) in [6.45, 7) is 0. The molecule has 0 fully saturated rings. The van der Waals surface area contributed by atoms with Crippen LogP contribution in [0.15, 0.2) is 40.9 Å². The summed E-state index contributed by atoms with van der Waals surface area (Å²) in [6, 6.07) is 11.2. The van der Waals surface area contributed by atoms with Gasteiger partial charge in [-0.05, 0) is 58.5 Å². The third-order valence-electron chi connectivity index (χ3n) is 2.82. The van der Waals surface area contributed by atoms with Gasteiger partial charge in [0.15, 0.2) is 4.77 Å². The summed E-state index contributed by atoms with van der Waals surface area (Å²) in [7, 11) is 0. The van der Waals surface area contributed by atoms with Gasteiger partial charge in [0.2, 0.25) is 0 Å². The number of nitrogens with one attached hydrogen (secondary N) is 1. The number of benzene rings is 2. The van der Waals surface area contributed by atoms with Crippen molar-refractivity contribution in [1.29, 1.82) is 0 Å². The third-order valence-corrected chi connectivity index (χ3v) is 4.71. The van der Waals surface area contributed by atoms with E-state index in [4.69, 9.17) is 35.4 Å². The zero-order chi connectivity index (χ0) is 13.6. The molecular weight excluding hydrogens is 367 g/mol. The first-order valence-electron chi connectivity index (χ1n) is 5.42. The predicted molar refractivity (Wildman–Crippen MR) is 86.2 cm³/mol. The Bertz CT molecular complexity index is 838. The molecule has 0 aliphatic carbocycles. The molecule has 1 N–H and O–H groups in total. The molecule has 1 heterocycles. The summed E-state index contributed by atoms with van der Waals surface area (Å²) in [5.41, 5.74) is 2.73. The van der Waals surface area contributed by atoms with E-state index in [0.29, 0.717) is 14.8 Å².